The van der Waals surface area contributed by atoms with Gasteiger partial charge in [-0.15, -0.1) is 0 Å². The number of aliphatic hydroxyl groups is 1. The van der Waals surface area contributed by atoms with Crippen LogP contribution in [0.15, 0.2) is 23.8 Å². The summed E-state index contributed by atoms with van der Waals surface area (Å²) in [4.78, 5) is 23.9. The Kier molecular flexibility index (Phi) is 6.56. The van der Waals surface area contributed by atoms with Crippen LogP contribution in [-0.4, -0.2) is 34.9 Å². The van der Waals surface area contributed by atoms with Gasteiger partial charge in [-0.1, -0.05) is 30.7 Å². The largest absolute Gasteiger partial charge is 0.481 e. The molecule has 0 aliphatic heterocycles. The molecule has 0 saturated heterocycles. The Hall–Kier alpha value is -1.62. The number of ether oxygens (including phenoxy) is 1. The molecule has 2 saturated carbocycles. The molecule has 2 fully saturated rings. The zero-order valence-corrected chi connectivity index (χ0v) is 17.1. The summed E-state index contributed by atoms with van der Waals surface area (Å²) in [5.74, 6) is -1.06. The molecule has 2 aliphatic rings. The van der Waals surface area contributed by atoms with Crippen LogP contribution in [0.1, 0.15) is 66.2 Å². The molecule has 0 aromatic carbocycles. The Morgan fingerprint density at radius 3 is 2.52 bits per heavy atom. The molecule has 5 unspecified atom stereocenters. The number of esters is 1. The molecule has 0 radical (unpaired) electrons. The lowest BCUT2D eigenvalue weighted by atomic mass is 9.45. The number of aliphatic hydroxyl groups excluding tert-OH is 1. The van der Waals surface area contributed by atoms with Gasteiger partial charge in [-0.05, 0) is 64.2 Å². The minimum Gasteiger partial charge on any atom is -0.481 e. The first-order valence-electron chi connectivity index (χ1n) is 9.92. The number of carbonyl (C=O) groups is 2. The molecule has 0 amide bonds. The summed E-state index contributed by atoms with van der Waals surface area (Å²) >= 11 is 0. The lowest BCUT2D eigenvalue weighted by Crippen LogP contribution is -2.60. The van der Waals surface area contributed by atoms with E-state index in [2.05, 4.69) is 13.5 Å². The van der Waals surface area contributed by atoms with Crippen molar-refractivity contribution in [2.24, 2.45) is 22.7 Å². The van der Waals surface area contributed by atoms with Gasteiger partial charge in [0, 0.05) is 12.3 Å². The predicted octanol–water partition coefficient (Wildman–Crippen LogP) is 4.11. The second kappa shape index (κ2) is 8.17. The van der Waals surface area contributed by atoms with Gasteiger partial charge >= 0.3 is 11.9 Å². The van der Waals surface area contributed by atoms with Crippen molar-refractivity contribution >= 4 is 11.9 Å². The van der Waals surface area contributed by atoms with Gasteiger partial charge in [0.05, 0.1) is 12.0 Å². The number of rotatable bonds is 6. The Labute approximate surface area is 162 Å². The van der Waals surface area contributed by atoms with Crippen LogP contribution in [0, 0.1) is 22.7 Å². The lowest BCUT2D eigenvalue weighted by molar-refractivity contribution is -0.193. The fraction of sp³-hybridized carbons (Fsp3) is 0.727. The van der Waals surface area contributed by atoms with E-state index in [1.54, 1.807) is 6.08 Å². The first-order valence-corrected chi connectivity index (χ1v) is 9.92. The first kappa shape index (κ1) is 21.7. The molecule has 2 aliphatic carbocycles. The zero-order chi connectivity index (χ0) is 20.4. The van der Waals surface area contributed by atoms with Gasteiger partial charge < -0.3 is 14.9 Å². The van der Waals surface area contributed by atoms with E-state index in [9.17, 15) is 14.7 Å². The first-order chi connectivity index (χ1) is 12.6. The van der Waals surface area contributed by atoms with Gasteiger partial charge in [0.2, 0.25) is 0 Å². The number of aliphatic carboxylic acids is 1. The highest BCUT2D eigenvalue weighted by Gasteiger charge is 2.62. The summed E-state index contributed by atoms with van der Waals surface area (Å²) in [6, 6.07) is 0. The van der Waals surface area contributed by atoms with Gasteiger partial charge in [0.25, 0.3) is 0 Å². The predicted molar refractivity (Wildman–Crippen MR) is 104 cm³/mol. The zero-order valence-electron chi connectivity index (χ0n) is 17.1. The lowest BCUT2D eigenvalue weighted by Gasteiger charge is -2.59. The fourth-order valence-electron chi connectivity index (χ4n) is 5.65. The van der Waals surface area contributed by atoms with Gasteiger partial charge in [0.1, 0.15) is 6.10 Å². The average molecular weight is 379 g/mol. The summed E-state index contributed by atoms with van der Waals surface area (Å²) in [6.07, 6.45) is 5.79. The molecule has 2 rings (SSSR count). The normalized spacial score (nSPS) is 36.9. The molecule has 5 heteroatoms. The van der Waals surface area contributed by atoms with Crippen molar-refractivity contribution < 1.29 is 24.5 Å². The van der Waals surface area contributed by atoms with E-state index in [0.29, 0.717) is 12.8 Å². The Morgan fingerprint density at radius 2 is 1.96 bits per heavy atom. The summed E-state index contributed by atoms with van der Waals surface area (Å²) in [6.45, 7) is 11.7. The maximum Gasteiger partial charge on any atom is 0.309 e. The molecule has 27 heavy (non-hydrogen) atoms. The Bertz CT molecular complexity index is 637. The van der Waals surface area contributed by atoms with E-state index in [1.807, 2.05) is 13.8 Å². The van der Waals surface area contributed by atoms with E-state index >= 15 is 0 Å². The van der Waals surface area contributed by atoms with Gasteiger partial charge in [-0.25, -0.2) is 0 Å². The molecule has 5 nitrogen and oxygen atoms in total. The van der Waals surface area contributed by atoms with E-state index in [4.69, 9.17) is 9.84 Å². The van der Waals surface area contributed by atoms with Crippen molar-refractivity contribution in [3.05, 3.63) is 23.8 Å². The fourth-order valence-corrected chi connectivity index (χ4v) is 5.65. The van der Waals surface area contributed by atoms with Gasteiger partial charge in [0.15, 0.2) is 0 Å². The van der Waals surface area contributed by atoms with E-state index in [0.717, 1.165) is 36.8 Å². The van der Waals surface area contributed by atoms with E-state index in [1.165, 1.54) is 6.92 Å². The molecular formula is C22H34O5. The number of allylic oxidation sites excluding steroid dienone is 2. The van der Waals surface area contributed by atoms with Crippen LogP contribution in [0.3, 0.4) is 0 Å². The van der Waals surface area contributed by atoms with Crippen LogP contribution in [0.2, 0.25) is 0 Å². The second-order valence-electron chi connectivity index (χ2n) is 8.80. The highest BCUT2D eigenvalue weighted by atomic mass is 16.5. The third-order valence-corrected chi connectivity index (χ3v) is 7.20. The molecule has 0 spiro atoms. The van der Waals surface area contributed by atoms with Crippen LogP contribution in [0.4, 0.5) is 0 Å². The molecular weight excluding hydrogens is 344 g/mol. The number of hydrogen-bond donors (Lipinski definition) is 2. The summed E-state index contributed by atoms with van der Waals surface area (Å²) in [5, 5.41) is 19.1. The average Bonchev–Trinajstić information content (AvgIpc) is 2.56. The molecule has 0 bridgehead atoms. The monoisotopic (exact) mass is 378 g/mol. The number of carboxylic acids is 1. The van der Waals surface area contributed by atoms with E-state index < -0.39 is 16.8 Å². The second-order valence-corrected chi connectivity index (χ2v) is 8.80. The summed E-state index contributed by atoms with van der Waals surface area (Å²) in [7, 11) is 0. The van der Waals surface area contributed by atoms with Crippen molar-refractivity contribution in [2.75, 3.05) is 6.61 Å². The van der Waals surface area contributed by atoms with Crippen LogP contribution < -0.4 is 0 Å². The van der Waals surface area contributed by atoms with Crippen LogP contribution >= 0.6 is 0 Å². The van der Waals surface area contributed by atoms with Crippen LogP contribution in [-0.2, 0) is 14.3 Å². The van der Waals surface area contributed by atoms with Crippen LogP contribution in [0.25, 0.3) is 0 Å². The maximum atomic E-state index is 12.2. The molecule has 152 valence electrons. The van der Waals surface area contributed by atoms with Crippen molar-refractivity contribution in [2.45, 2.75) is 72.3 Å². The standard InChI is InChI=1S/C22H34O5/c1-14(11-13-23)6-8-17-15(2)7-9-18-21(4,20(25)26)12-10-19(22(17,18)5)27-16(3)24/h11,17-19,23H,2,6-10,12-13H2,1,3-5H3,(H,25,26)/b14-11+. The maximum absolute atomic E-state index is 12.2. The van der Waals surface area contributed by atoms with E-state index in [-0.39, 0.29) is 30.5 Å². The minimum atomic E-state index is -0.819. The number of carbonyl (C=O) groups excluding carboxylic acids is 1. The molecule has 0 aromatic heterocycles. The quantitative estimate of drug-likeness (QED) is 0.537. The van der Waals surface area contributed by atoms with Crippen molar-refractivity contribution in [3.63, 3.8) is 0 Å². The molecule has 2 N–H and O–H groups in total. The Morgan fingerprint density at radius 1 is 1.30 bits per heavy atom. The molecule has 0 aromatic rings. The number of fused-ring (bicyclic) bond motifs is 1. The third-order valence-electron chi connectivity index (χ3n) is 7.20. The van der Waals surface area contributed by atoms with Crippen molar-refractivity contribution in [1.29, 1.82) is 0 Å². The smallest absolute Gasteiger partial charge is 0.309 e. The highest BCUT2D eigenvalue weighted by molar-refractivity contribution is 5.75. The van der Waals surface area contributed by atoms with Gasteiger partial charge in [-0.2, -0.15) is 0 Å². The van der Waals surface area contributed by atoms with Crippen molar-refractivity contribution in [1.82, 2.24) is 0 Å². The Balaban J connectivity index is 2.44. The van der Waals surface area contributed by atoms with Crippen molar-refractivity contribution in [3.8, 4) is 0 Å². The molecule has 0 heterocycles. The third kappa shape index (κ3) is 3.98. The number of carboxylic acid groups (broad SMARTS) is 1. The van der Waals surface area contributed by atoms with Gasteiger partial charge in [-0.3, -0.25) is 9.59 Å². The van der Waals surface area contributed by atoms with Crippen LogP contribution in [0.5, 0.6) is 0 Å². The molecule has 5 atom stereocenters. The number of hydrogen-bond acceptors (Lipinski definition) is 4. The highest BCUT2D eigenvalue weighted by Crippen LogP contribution is 2.62. The topological polar surface area (TPSA) is 83.8 Å². The summed E-state index contributed by atoms with van der Waals surface area (Å²) < 4.78 is 5.74. The SMILES string of the molecule is C=C1CCC2C(C)(C(=O)O)CCC(OC(C)=O)C2(C)C1CC/C(C)=C/CO. The summed E-state index contributed by atoms with van der Waals surface area (Å²) in [5.41, 5.74) is 0.959. The minimum absolute atomic E-state index is 0.0184.